The van der Waals surface area contributed by atoms with Crippen LogP contribution in [-0.4, -0.2) is 133 Å². The first-order valence-electron chi connectivity index (χ1n) is 23.7. The Morgan fingerprint density at radius 2 is 1.11 bits per heavy atom. The highest BCUT2D eigenvalue weighted by Gasteiger charge is 2.40. The minimum absolute atomic E-state index is 0.00925. The summed E-state index contributed by atoms with van der Waals surface area (Å²) in [6.07, 6.45) is 4.88. The maximum absolute atomic E-state index is 14.7. The van der Waals surface area contributed by atoms with Crippen molar-refractivity contribution in [2.75, 3.05) is 34.8 Å². The second-order valence-electron chi connectivity index (χ2n) is 18.8. The number of carbonyl (C=O) groups is 7. The first-order chi connectivity index (χ1) is 30.1. The molecule has 64 heavy (non-hydrogen) atoms. The van der Waals surface area contributed by atoms with E-state index in [2.05, 4.69) is 35.3 Å². The number of hydroxylamine groups is 1. The maximum atomic E-state index is 14.7. The van der Waals surface area contributed by atoms with Crippen LogP contribution in [0.15, 0.2) is 0 Å². The summed E-state index contributed by atoms with van der Waals surface area (Å²) in [5, 5.41) is 18.2. The van der Waals surface area contributed by atoms with Gasteiger partial charge in [-0.1, -0.05) is 93.9 Å². The van der Waals surface area contributed by atoms with E-state index in [0.717, 1.165) is 38.5 Å². The molecule has 9 atom stereocenters. The number of nitrogens with one attached hydrogen (secondary N) is 4. The van der Waals surface area contributed by atoms with Crippen LogP contribution in [-0.2, 0) is 43.1 Å². The zero-order valence-electron chi connectivity index (χ0n) is 41.4. The van der Waals surface area contributed by atoms with Gasteiger partial charge in [-0.05, 0) is 69.1 Å². The first kappa shape index (κ1) is 57.7. The van der Waals surface area contributed by atoms with Crippen LogP contribution in [0.4, 0.5) is 0 Å². The fourth-order valence-electron chi connectivity index (χ4n) is 8.01. The minimum atomic E-state index is -1.48. The van der Waals surface area contributed by atoms with Gasteiger partial charge in [0.25, 0.3) is 5.91 Å². The van der Waals surface area contributed by atoms with Crippen molar-refractivity contribution in [3.8, 4) is 6.07 Å². The molecule has 0 unspecified atom stereocenters. The molecule has 1 aliphatic heterocycles. The van der Waals surface area contributed by atoms with E-state index < -0.39 is 83.8 Å². The van der Waals surface area contributed by atoms with Crippen LogP contribution >= 0.6 is 0 Å². The van der Waals surface area contributed by atoms with Crippen LogP contribution in [0.25, 0.3) is 0 Å². The molecule has 1 rings (SSSR count). The van der Waals surface area contributed by atoms with E-state index in [4.69, 9.17) is 9.57 Å². The number of esters is 1. The molecule has 6 amide bonds. The number of ether oxygens (including phenoxy) is 1. The Bertz CT molecular complexity index is 1540. The summed E-state index contributed by atoms with van der Waals surface area (Å²) in [6, 6.07) is -4.68. The maximum Gasteiger partial charge on any atom is 0.329 e. The Hall–Kier alpha value is -4.30. The molecule has 366 valence electrons. The van der Waals surface area contributed by atoms with Crippen LogP contribution in [0.1, 0.15) is 152 Å². The van der Waals surface area contributed by atoms with Crippen LogP contribution in [0.3, 0.4) is 0 Å². The van der Waals surface area contributed by atoms with E-state index in [9.17, 15) is 38.8 Å². The Balaban J connectivity index is 4.12. The van der Waals surface area contributed by atoms with Crippen molar-refractivity contribution in [1.29, 1.82) is 5.26 Å². The third kappa shape index (κ3) is 19.4. The molecule has 0 radical (unpaired) electrons. The molecule has 17 nitrogen and oxygen atoms in total. The summed E-state index contributed by atoms with van der Waals surface area (Å²) in [5.74, 6) is -4.66. The van der Waals surface area contributed by atoms with Crippen molar-refractivity contribution in [2.24, 2.45) is 23.7 Å². The zero-order chi connectivity index (χ0) is 48.7. The molecule has 1 aliphatic rings. The Morgan fingerprint density at radius 3 is 1.58 bits per heavy atom. The normalized spacial score (nSPS) is 25.1. The number of carbonyl (C=O) groups excluding carboxylic acids is 7. The molecule has 0 bridgehead atoms. The van der Waals surface area contributed by atoms with Crippen molar-refractivity contribution in [3.63, 3.8) is 0 Å². The lowest BCUT2D eigenvalue weighted by atomic mass is 9.94. The number of hydrogen-bond donors (Lipinski definition) is 4. The van der Waals surface area contributed by atoms with Crippen LogP contribution in [0.5, 0.6) is 0 Å². The summed E-state index contributed by atoms with van der Waals surface area (Å²) in [7, 11) is 5.90. The zero-order valence-corrected chi connectivity index (χ0v) is 41.4. The standard InChI is InChI=1S/C47H84N8O9/c1-14-16-20-32(7)28-36-44(59)53(10)34(9)47(62)64-40(23-18-24-48)43(58)52-37(29-33(8)21-17-15-2)46(61)55(12)39(27-31(5)6)42(57)50-35(26-30(3)4)45(60)54(11)38(41(56)51-36)22-19-25-49-63-13/h30-40,49H,14-23,25-29H2,1-13H3,(H,50,57)(H,51,56)(H,52,58)/t32-,33-,34+,35+,36+,37+,38+,39+,40-/m1/s1. The van der Waals surface area contributed by atoms with Crippen molar-refractivity contribution in [2.45, 2.75) is 195 Å². The largest absolute Gasteiger partial charge is 0.451 e. The topological polar surface area (TPSA) is 220 Å². The Labute approximate surface area is 384 Å². The summed E-state index contributed by atoms with van der Waals surface area (Å²) in [6.45, 7) is 17.6. The Kier molecular flexibility index (Phi) is 27.1. The molecule has 1 saturated heterocycles. The molecule has 0 aliphatic carbocycles. The number of nitrogens with zero attached hydrogens (tertiary/aromatic N) is 4. The number of amides is 6. The van der Waals surface area contributed by atoms with E-state index in [1.807, 2.05) is 47.6 Å². The van der Waals surface area contributed by atoms with E-state index in [-0.39, 0.29) is 68.6 Å². The average Bonchev–Trinajstić information content (AvgIpc) is 3.24. The van der Waals surface area contributed by atoms with Gasteiger partial charge >= 0.3 is 5.97 Å². The number of cyclic esters (lactones) is 1. The molecule has 4 N–H and O–H groups in total. The van der Waals surface area contributed by atoms with E-state index in [1.54, 1.807) is 0 Å². The van der Waals surface area contributed by atoms with Gasteiger partial charge in [0, 0.05) is 40.5 Å². The molecule has 0 spiro atoms. The van der Waals surface area contributed by atoms with Gasteiger partial charge < -0.3 is 40.2 Å². The molecule has 0 saturated carbocycles. The average molecular weight is 905 g/mol. The fourth-order valence-corrected chi connectivity index (χ4v) is 8.01. The quantitative estimate of drug-likeness (QED) is 0.0707. The van der Waals surface area contributed by atoms with Gasteiger partial charge in [-0.2, -0.15) is 5.26 Å². The molecule has 1 heterocycles. The van der Waals surface area contributed by atoms with Crippen molar-refractivity contribution in [1.82, 2.24) is 36.1 Å². The van der Waals surface area contributed by atoms with Gasteiger partial charge in [0.15, 0.2) is 6.10 Å². The third-order valence-corrected chi connectivity index (χ3v) is 12.1. The van der Waals surface area contributed by atoms with Crippen molar-refractivity contribution < 1.29 is 43.1 Å². The van der Waals surface area contributed by atoms with Crippen LogP contribution in [0, 0.1) is 35.0 Å². The van der Waals surface area contributed by atoms with E-state index >= 15 is 0 Å². The van der Waals surface area contributed by atoms with Gasteiger partial charge in [-0.3, -0.25) is 28.8 Å². The molecule has 0 aromatic heterocycles. The summed E-state index contributed by atoms with van der Waals surface area (Å²) < 4.78 is 5.77. The monoisotopic (exact) mass is 905 g/mol. The molecule has 17 heteroatoms. The molecular formula is C47H84N8O9. The van der Waals surface area contributed by atoms with Gasteiger partial charge in [-0.15, -0.1) is 0 Å². The first-order valence-corrected chi connectivity index (χ1v) is 23.7. The second kappa shape index (κ2) is 30.0. The van der Waals surface area contributed by atoms with Crippen LogP contribution in [0.2, 0.25) is 0 Å². The van der Waals surface area contributed by atoms with Crippen LogP contribution < -0.4 is 21.4 Å². The van der Waals surface area contributed by atoms with Crippen molar-refractivity contribution in [3.05, 3.63) is 0 Å². The number of nitriles is 1. The smallest absolute Gasteiger partial charge is 0.329 e. The molecule has 0 aromatic rings. The Morgan fingerprint density at radius 1 is 0.656 bits per heavy atom. The number of hydrogen-bond acceptors (Lipinski definition) is 11. The lowest BCUT2D eigenvalue weighted by Gasteiger charge is -2.35. The van der Waals surface area contributed by atoms with Crippen molar-refractivity contribution >= 4 is 41.4 Å². The SMILES string of the molecule is CCCC[C@@H](C)C[C@@H]1NC(=O)[C@H](CCCNOC)N(C)C(=O)[C@H](CC(C)C)NC(=O)[C@H](CC(C)C)N(C)C(=O)[C@H](C[C@H](C)CCCC)NC(=O)[C@@H](CCC#N)OC(=O)[C@H](C)N(C)C1=O. The second-order valence-corrected chi connectivity index (χ2v) is 18.8. The van der Waals surface area contributed by atoms with E-state index in [0.29, 0.717) is 13.0 Å². The highest BCUT2D eigenvalue weighted by Crippen LogP contribution is 2.22. The van der Waals surface area contributed by atoms with Gasteiger partial charge in [0.05, 0.1) is 13.2 Å². The molecule has 0 aromatic carbocycles. The van der Waals surface area contributed by atoms with Gasteiger partial charge in [0.1, 0.15) is 36.3 Å². The summed E-state index contributed by atoms with van der Waals surface area (Å²) in [4.78, 5) is 110. The minimum Gasteiger partial charge on any atom is -0.451 e. The van der Waals surface area contributed by atoms with Gasteiger partial charge in [0.2, 0.25) is 29.5 Å². The number of likely N-dealkylation sites (N-methyl/N-ethyl adjacent to an activating group) is 3. The number of rotatable bonds is 21. The number of unbranched alkanes of at least 4 members (excludes halogenated alkanes) is 2. The lowest BCUT2D eigenvalue weighted by Crippen LogP contribution is -2.60. The summed E-state index contributed by atoms with van der Waals surface area (Å²) >= 11 is 0. The highest BCUT2D eigenvalue weighted by atomic mass is 16.6. The predicted molar refractivity (Wildman–Crippen MR) is 246 cm³/mol. The highest BCUT2D eigenvalue weighted by molar-refractivity contribution is 5.97. The summed E-state index contributed by atoms with van der Waals surface area (Å²) in [5.41, 5.74) is 2.76. The fraction of sp³-hybridized carbons (Fsp3) is 0.830. The molecular weight excluding hydrogens is 821 g/mol. The lowest BCUT2D eigenvalue weighted by molar-refractivity contribution is -0.163. The molecule has 1 fully saturated rings. The predicted octanol–water partition coefficient (Wildman–Crippen LogP) is 4.63. The third-order valence-electron chi connectivity index (χ3n) is 12.1. The van der Waals surface area contributed by atoms with E-state index in [1.165, 1.54) is 49.9 Å². The van der Waals surface area contributed by atoms with Gasteiger partial charge in [-0.25, -0.2) is 10.3 Å².